The SMILES string of the molecule is Fc1cc(C2=Nn3c(nnc3-c3cc(F)c(Cl)cc3Cl)SC2=Cc2ccccc2)c(Cl)cc1Cl. The monoisotopic (exact) mass is 552 g/mol. The molecule has 0 amide bonds. The van der Waals surface area contributed by atoms with Crippen LogP contribution in [0.3, 0.4) is 0 Å². The number of nitrogens with zero attached hydrogens (tertiary/aromatic N) is 4. The second kappa shape index (κ2) is 9.32. The van der Waals surface area contributed by atoms with Crippen molar-refractivity contribution in [3.8, 4) is 11.4 Å². The maximum atomic E-state index is 14.4. The first-order valence-electron chi connectivity index (χ1n) is 9.61. The minimum absolute atomic E-state index is 0.111. The molecule has 1 aliphatic heterocycles. The molecule has 0 atom stereocenters. The first-order chi connectivity index (χ1) is 16.3. The van der Waals surface area contributed by atoms with E-state index < -0.39 is 11.6 Å². The molecule has 5 rings (SSSR count). The largest absolute Gasteiger partial charge is 0.217 e. The number of fused-ring (bicyclic) bond motifs is 1. The fraction of sp³-hybridized carbons (Fsp3) is 0. The summed E-state index contributed by atoms with van der Waals surface area (Å²) in [6.07, 6.45) is 1.87. The molecule has 2 heterocycles. The Morgan fingerprint density at radius 3 is 2.06 bits per heavy atom. The number of thioether (sulfide) groups is 1. The molecule has 0 bridgehead atoms. The van der Waals surface area contributed by atoms with Crippen molar-refractivity contribution < 1.29 is 8.78 Å². The van der Waals surface area contributed by atoms with Crippen LogP contribution in [-0.4, -0.2) is 20.6 Å². The minimum Gasteiger partial charge on any atom is -0.205 e. The standard InChI is InChI=1S/C23H10Cl4F2N4S/c24-14-9-16(26)18(28)7-12(14)21-20(6-11-4-2-1-3-5-11)34-23-31-30-22(33(23)32-21)13-8-19(29)17(27)10-15(13)25/h1-10H. The number of rotatable bonds is 3. The lowest BCUT2D eigenvalue weighted by molar-refractivity contribution is 0.627. The highest BCUT2D eigenvalue weighted by Gasteiger charge is 2.28. The summed E-state index contributed by atoms with van der Waals surface area (Å²) in [4.78, 5) is 0.648. The van der Waals surface area contributed by atoms with Gasteiger partial charge in [-0.1, -0.05) is 76.7 Å². The lowest BCUT2D eigenvalue weighted by Gasteiger charge is -2.18. The highest BCUT2D eigenvalue weighted by Crippen LogP contribution is 2.40. The summed E-state index contributed by atoms with van der Waals surface area (Å²) < 4.78 is 30.0. The highest BCUT2D eigenvalue weighted by atomic mass is 35.5. The highest BCUT2D eigenvalue weighted by molar-refractivity contribution is 8.04. The third-order valence-corrected chi connectivity index (χ3v) is 7.03. The molecule has 0 aliphatic carbocycles. The van der Waals surface area contributed by atoms with Gasteiger partial charge in [0.15, 0.2) is 5.82 Å². The van der Waals surface area contributed by atoms with Gasteiger partial charge in [0.05, 0.1) is 20.1 Å². The van der Waals surface area contributed by atoms with Crippen molar-refractivity contribution in [1.29, 1.82) is 0 Å². The zero-order chi connectivity index (χ0) is 24.0. The zero-order valence-corrected chi connectivity index (χ0v) is 20.6. The first-order valence-corrected chi connectivity index (χ1v) is 11.9. The van der Waals surface area contributed by atoms with Gasteiger partial charge in [-0.3, -0.25) is 0 Å². The summed E-state index contributed by atoms with van der Waals surface area (Å²) in [7, 11) is 0. The van der Waals surface area contributed by atoms with Gasteiger partial charge < -0.3 is 0 Å². The van der Waals surface area contributed by atoms with E-state index in [1.807, 2.05) is 36.4 Å². The van der Waals surface area contributed by atoms with Gasteiger partial charge in [-0.2, -0.15) is 9.78 Å². The van der Waals surface area contributed by atoms with Crippen molar-refractivity contribution in [2.24, 2.45) is 5.10 Å². The minimum atomic E-state index is -0.668. The van der Waals surface area contributed by atoms with E-state index in [2.05, 4.69) is 15.3 Å². The summed E-state index contributed by atoms with van der Waals surface area (Å²) in [5, 5.41) is 13.6. The lowest BCUT2D eigenvalue weighted by atomic mass is 10.1. The first kappa shape index (κ1) is 23.3. The molecular formula is C23H10Cl4F2N4S. The van der Waals surface area contributed by atoms with Crippen molar-refractivity contribution in [1.82, 2.24) is 14.9 Å². The fourth-order valence-corrected chi connectivity index (χ4v) is 5.14. The molecule has 170 valence electrons. The maximum Gasteiger partial charge on any atom is 0.217 e. The van der Waals surface area contributed by atoms with Gasteiger partial charge in [-0.15, -0.1) is 10.2 Å². The lowest BCUT2D eigenvalue weighted by Crippen LogP contribution is -2.13. The van der Waals surface area contributed by atoms with Crippen molar-refractivity contribution in [3.05, 3.63) is 102 Å². The molecule has 0 saturated carbocycles. The molecule has 34 heavy (non-hydrogen) atoms. The summed E-state index contributed by atoms with van der Waals surface area (Å²) in [5.74, 6) is -1.13. The van der Waals surface area contributed by atoms with Crippen LogP contribution in [0, 0.1) is 11.6 Å². The predicted molar refractivity (Wildman–Crippen MR) is 134 cm³/mol. The van der Waals surface area contributed by atoms with Crippen LogP contribution in [0.2, 0.25) is 20.1 Å². The van der Waals surface area contributed by atoms with Gasteiger partial charge >= 0.3 is 0 Å². The molecular weight excluding hydrogens is 544 g/mol. The third-order valence-electron chi connectivity index (χ3n) is 4.86. The Labute approximate surface area is 216 Å². The second-order valence-corrected chi connectivity index (χ2v) is 9.72. The van der Waals surface area contributed by atoms with Gasteiger partial charge in [0.2, 0.25) is 5.16 Å². The van der Waals surface area contributed by atoms with Gasteiger partial charge in [0, 0.05) is 16.0 Å². The van der Waals surface area contributed by atoms with Crippen LogP contribution >= 0.6 is 58.2 Å². The number of hydrogen-bond donors (Lipinski definition) is 0. The summed E-state index contributed by atoms with van der Waals surface area (Å²) in [6, 6.07) is 14.5. The van der Waals surface area contributed by atoms with Crippen LogP contribution in [0.15, 0.2) is 69.8 Å². The smallest absolute Gasteiger partial charge is 0.205 e. The molecule has 0 unspecified atom stereocenters. The Bertz CT molecular complexity index is 1500. The molecule has 0 radical (unpaired) electrons. The second-order valence-electron chi connectivity index (χ2n) is 7.08. The van der Waals surface area contributed by atoms with Crippen molar-refractivity contribution in [2.45, 2.75) is 5.16 Å². The van der Waals surface area contributed by atoms with E-state index in [0.717, 1.165) is 11.6 Å². The van der Waals surface area contributed by atoms with Crippen molar-refractivity contribution in [2.75, 3.05) is 0 Å². The molecule has 1 aromatic heterocycles. The van der Waals surface area contributed by atoms with Crippen LogP contribution in [0.1, 0.15) is 11.1 Å². The number of aromatic nitrogens is 3. The molecule has 0 N–H and O–H groups in total. The molecule has 1 aliphatic rings. The molecule has 11 heteroatoms. The fourth-order valence-electron chi connectivity index (χ4n) is 3.27. The number of benzene rings is 3. The Hall–Kier alpha value is -2.42. The summed E-state index contributed by atoms with van der Waals surface area (Å²) in [5.41, 5.74) is 1.81. The Morgan fingerprint density at radius 1 is 0.765 bits per heavy atom. The Morgan fingerprint density at radius 2 is 1.38 bits per heavy atom. The van der Waals surface area contributed by atoms with Crippen LogP contribution < -0.4 is 0 Å². The molecule has 4 aromatic rings. The predicted octanol–water partition coefficient (Wildman–Crippen LogP) is 8.24. The van der Waals surface area contributed by atoms with E-state index in [1.165, 1.54) is 34.6 Å². The van der Waals surface area contributed by atoms with Crippen LogP contribution in [0.4, 0.5) is 8.78 Å². The topological polar surface area (TPSA) is 43.1 Å². The van der Waals surface area contributed by atoms with E-state index in [-0.39, 0.29) is 31.5 Å². The quantitative estimate of drug-likeness (QED) is 0.240. The molecule has 3 aromatic carbocycles. The molecule has 4 nitrogen and oxygen atoms in total. The van der Waals surface area contributed by atoms with E-state index in [1.54, 1.807) is 0 Å². The zero-order valence-electron chi connectivity index (χ0n) is 16.7. The molecule has 0 fully saturated rings. The van der Waals surface area contributed by atoms with Gasteiger partial charge in [0.1, 0.15) is 17.3 Å². The van der Waals surface area contributed by atoms with Crippen LogP contribution in [-0.2, 0) is 0 Å². The van der Waals surface area contributed by atoms with Gasteiger partial charge in [-0.25, -0.2) is 8.78 Å². The third kappa shape index (κ3) is 4.34. The normalized spacial score (nSPS) is 14.3. The maximum absolute atomic E-state index is 14.4. The van der Waals surface area contributed by atoms with E-state index in [4.69, 9.17) is 46.4 Å². The van der Waals surface area contributed by atoms with Gasteiger partial charge in [0.25, 0.3) is 0 Å². The number of allylic oxidation sites excluding steroid dienone is 1. The Balaban J connectivity index is 1.73. The molecule has 0 spiro atoms. The van der Waals surface area contributed by atoms with Crippen LogP contribution in [0.25, 0.3) is 17.5 Å². The van der Waals surface area contributed by atoms with Crippen LogP contribution in [0.5, 0.6) is 0 Å². The van der Waals surface area contributed by atoms with Crippen molar-refractivity contribution in [3.63, 3.8) is 0 Å². The number of hydrogen-bond acceptors (Lipinski definition) is 4. The average molecular weight is 554 g/mol. The Kier molecular flexibility index (Phi) is 6.39. The van der Waals surface area contributed by atoms with E-state index in [9.17, 15) is 8.78 Å². The van der Waals surface area contributed by atoms with E-state index in [0.29, 0.717) is 21.3 Å². The average Bonchev–Trinajstić information content (AvgIpc) is 3.21. The number of halogens is 6. The van der Waals surface area contributed by atoms with Crippen molar-refractivity contribution >= 4 is 70.0 Å². The summed E-state index contributed by atoms with van der Waals surface area (Å²) >= 11 is 25.7. The summed E-state index contributed by atoms with van der Waals surface area (Å²) in [6.45, 7) is 0. The van der Waals surface area contributed by atoms with E-state index >= 15 is 0 Å². The van der Waals surface area contributed by atoms with Gasteiger partial charge in [-0.05, 0) is 47.7 Å². The molecule has 0 saturated heterocycles.